The molecule has 0 bridgehead atoms. The number of hydrogen-bond acceptors (Lipinski definition) is 8. The SMILES string of the molecule is COc1cccc(C2=NOC3C(=O)N(c4ccc(C)c([N+](=O)[O-])c4)C(=O)C23)c1OC. The molecule has 0 aliphatic carbocycles. The minimum atomic E-state index is -1.15. The van der Waals surface area contributed by atoms with E-state index < -0.39 is 28.8 Å². The zero-order chi connectivity index (χ0) is 21.6. The summed E-state index contributed by atoms with van der Waals surface area (Å²) in [6.07, 6.45) is -1.15. The Morgan fingerprint density at radius 2 is 1.90 bits per heavy atom. The number of nitrogens with zero attached hydrogens (tertiary/aromatic N) is 3. The molecule has 2 aliphatic rings. The van der Waals surface area contributed by atoms with Gasteiger partial charge < -0.3 is 14.3 Å². The van der Waals surface area contributed by atoms with Crippen LogP contribution >= 0.6 is 0 Å². The summed E-state index contributed by atoms with van der Waals surface area (Å²) in [5.41, 5.74) is 1.04. The maximum atomic E-state index is 13.2. The van der Waals surface area contributed by atoms with Gasteiger partial charge in [0.05, 0.1) is 24.8 Å². The molecule has 2 aliphatic heterocycles. The summed E-state index contributed by atoms with van der Waals surface area (Å²) in [5, 5.41) is 15.2. The number of benzene rings is 2. The zero-order valence-electron chi connectivity index (χ0n) is 16.3. The summed E-state index contributed by atoms with van der Waals surface area (Å²) in [6, 6.07) is 9.26. The van der Waals surface area contributed by atoms with Gasteiger partial charge in [-0.05, 0) is 25.1 Å². The van der Waals surface area contributed by atoms with Crippen molar-refractivity contribution in [2.75, 3.05) is 19.1 Å². The number of carbonyl (C=O) groups is 2. The summed E-state index contributed by atoms with van der Waals surface area (Å²) in [6.45, 7) is 1.58. The minimum absolute atomic E-state index is 0.109. The Morgan fingerprint density at radius 3 is 2.57 bits per heavy atom. The number of carbonyl (C=O) groups excluding carboxylic acids is 2. The highest BCUT2D eigenvalue weighted by molar-refractivity contribution is 6.32. The average molecular weight is 411 g/mol. The number of fused-ring (bicyclic) bond motifs is 1. The fourth-order valence-electron chi connectivity index (χ4n) is 3.68. The maximum absolute atomic E-state index is 13.2. The number of nitro groups is 1. The van der Waals surface area contributed by atoms with E-state index in [9.17, 15) is 19.7 Å². The van der Waals surface area contributed by atoms with E-state index in [4.69, 9.17) is 14.3 Å². The third-order valence-corrected chi connectivity index (χ3v) is 5.14. The number of imide groups is 1. The molecule has 2 aromatic rings. The van der Waals surface area contributed by atoms with Crippen LogP contribution in [0.4, 0.5) is 11.4 Å². The van der Waals surface area contributed by atoms with Crippen molar-refractivity contribution in [3.8, 4) is 11.5 Å². The predicted molar refractivity (Wildman–Crippen MR) is 105 cm³/mol. The molecule has 30 heavy (non-hydrogen) atoms. The highest BCUT2D eigenvalue weighted by atomic mass is 16.7. The number of methoxy groups -OCH3 is 2. The van der Waals surface area contributed by atoms with Crippen LogP contribution in [0.1, 0.15) is 11.1 Å². The van der Waals surface area contributed by atoms with Gasteiger partial charge in [0.15, 0.2) is 11.5 Å². The zero-order valence-corrected chi connectivity index (χ0v) is 16.3. The molecule has 2 aromatic carbocycles. The first-order valence-corrected chi connectivity index (χ1v) is 8.97. The van der Waals surface area contributed by atoms with Gasteiger partial charge in [-0.25, -0.2) is 4.90 Å². The standard InChI is InChI=1S/C20H17N3O7/c1-10-7-8-11(9-13(10)23(26)27)22-19(24)15-16(21-30-18(15)20(22)25)12-5-4-6-14(28-2)17(12)29-3/h4-9,15,18H,1-3H3. The molecule has 0 aromatic heterocycles. The van der Waals surface area contributed by atoms with Crippen molar-refractivity contribution in [2.45, 2.75) is 13.0 Å². The van der Waals surface area contributed by atoms with E-state index in [1.807, 2.05) is 0 Å². The number of amides is 2. The molecule has 2 unspecified atom stereocenters. The van der Waals surface area contributed by atoms with Crippen LogP contribution in [0.15, 0.2) is 41.6 Å². The number of rotatable bonds is 5. The van der Waals surface area contributed by atoms with E-state index in [1.165, 1.54) is 32.4 Å². The molecular formula is C20H17N3O7. The van der Waals surface area contributed by atoms with Crippen molar-refractivity contribution in [3.63, 3.8) is 0 Å². The van der Waals surface area contributed by atoms with Crippen LogP contribution in [-0.2, 0) is 14.4 Å². The quantitative estimate of drug-likeness (QED) is 0.420. The van der Waals surface area contributed by atoms with E-state index in [1.54, 1.807) is 25.1 Å². The van der Waals surface area contributed by atoms with Crippen LogP contribution in [0, 0.1) is 23.0 Å². The number of hydrogen-bond donors (Lipinski definition) is 0. The van der Waals surface area contributed by atoms with Gasteiger partial charge in [-0.2, -0.15) is 0 Å². The largest absolute Gasteiger partial charge is 0.493 e. The third-order valence-electron chi connectivity index (χ3n) is 5.14. The summed E-state index contributed by atoms with van der Waals surface area (Å²) in [4.78, 5) is 43.0. The van der Waals surface area contributed by atoms with Gasteiger partial charge in [-0.3, -0.25) is 19.7 Å². The summed E-state index contributed by atoms with van der Waals surface area (Å²) < 4.78 is 10.7. The second-order valence-electron chi connectivity index (χ2n) is 6.76. The van der Waals surface area contributed by atoms with Crippen molar-refractivity contribution in [2.24, 2.45) is 11.1 Å². The number of oxime groups is 1. The molecular weight excluding hydrogens is 394 g/mol. The van der Waals surface area contributed by atoms with Crippen LogP contribution in [0.2, 0.25) is 0 Å². The number of nitro benzene ring substituents is 1. The lowest BCUT2D eigenvalue weighted by molar-refractivity contribution is -0.385. The molecule has 0 N–H and O–H groups in total. The molecule has 10 nitrogen and oxygen atoms in total. The highest BCUT2D eigenvalue weighted by Gasteiger charge is 2.56. The second-order valence-corrected chi connectivity index (χ2v) is 6.76. The smallest absolute Gasteiger partial charge is 0.278 e. The van der Waals surface area contributed by atoms with Gasteiger partial charge in [0.25, 0.3) is 11.6 Å². The van der Waals surface area contributed by atoms with Gasteiger partial charge in [0, 0.05) is 17.2 Å². The van der Waals surface area contributed by atoms with Crippen LogP contribution in [0.5, 0.6) is 11.5 Å². The lowest BCUT2D eigenvalue weighted by Gasteiger charge is -2.16. The first-order valence-electron chi connectivity index (χ1n) is 8.97. The molecule has 1 fully saturated rings. The molecule has 0 spiro atoms. The van der Waals surface area contributed by atoms with E-state index in [0.717, 1.165) is 4.90 Å². The molecule has 2 heterocycles. The van der Waals surface area contributed by atoms with E-state index in [-0.39, 0.29) is 17.1 Å². The van der Waals surface area contributed by atoms with E-state index in [0.29, 0.717) is 22.6 Å². The Kier molecular flexibility index (Phi) is 4.61. The average Bonchev–Trinajstić information content (AvgIpc) is 3.28. The molecule has 4 rings (SSSR count). The molecule has 1 saturated heterocycles. The summed E-state index contributed by atoms with van der Waals surface area (Å²) >= 11 is 0. The monoisotopic (exact) mass is 411 g/mol. The molecule has 154 valence electrons. The number of ether oxygens (including phenoxy) is 2. The van der Waals surface area contributed by atoms with E-state index >= 15 is 0 Å². The van der Waals surface area contributed by atoms with Crippen molar-refractivity contribution >= 4 is 28.9 Å². The normalized spacial score (nSPS) is 20.0. The van der Waals surface area contributed by atoms with E-state index in [2.05, 4.69) is 5.16 Å². The summed E-state index contributed by atoms with van der Waals surface area (Å²) in [7, 11) is 2.93. The highest BCUT2D eigenvalue weighted by Crippen LogP contribution is 2.40. The fourth-order valence-corrected chi connectivity index (χ4v) is 3.68. The number of anilines is 1. The molecule has 10 heteroatoms. The first kappa shape index (κ1) is 19.4. The van der Waals surface area contributed by atoms with Crippen LogP contribution < -0.4 is 14.4 Å². The van der Waals surface area contributed by atoms with Crippen LogP contribution in [0.3, 0.4) is 0 Å². The Labute approximate surface area is 170 Å². The Bertz CT molecular complexity index is 1110. The predicted octanol–water partition coefficient (Wildman–Crippen LogP) is 2.21. The minimum Gasteiger partial charge on any atom is -0.493 e. The van der Waals surface area contributed by atoms with Crippen molar-refractivity contribution in [1.82, 2.24) is 0 Å². The van der Waals surface area contributed by atoms with Gasteiger partial charge in [0.2, 0.25) is 12.0 Å². The lowest BCUT2D eigenvalue weighted by Crippen LogP contribution is -2.33. The topological polar surface area (TPSA) is 121 Å². The van der Waals surface area contributed by atoms with Gasteiger partial charge in [-0.15, -0.1) is 0 Å². The Hall–Kier alpha value is -3.95. The summed E-state index contributed by atoms with van der Waals surface area (Å²) in [5.74, 6) is -1.43. The van der Waals surface area contributed by atoms with Crippen molar-refractivity contribution in [3.05, 3.63) is 57.6 Å². The Morgan fingerprint density at radius 1 is 1.13 bits per heavy atom. The molecule has 2 atom stereocenters. The van der Waals surface area contributed by atoms with Gasteiger partial charge >= 0.3 is 0 Å². The number of para-hydroxylation sites is 1. The second kappa shape index (κ2) is 7.14. The molecule has 0 radical (unpaired) electrons. The van der Waals surface area contributed by atoms with Gasteiger partial charge in [0.1, 0.15) is 11.6 Å². The van der Waals surface area contributed by atoms with Gasteiger partial charge in [-0.1, -0.05) is 17.3 Å². The van der Waals surface area contributed by atoms with Crippen LogP contribution in [0.25, 0.3) is 0 Å². The lowest BCUT2D eigenvalue weighted by atomic mass is 9.93. The third kappa shape index (κ3) is 2.76. The Balaban J connectivity index is 1.75. The number of aryl methyl sites for hydroxylation is 1. The fraction of sp³-hybridized carbons (Fsp3) is 0.250. The molecule has 2 amide bonds. The van der Waals surface area contributed by atoms with Crippen molar-refractivity contribution in [1.29, 1.82) is 0 Å². The maximum Gasteiger partial charge on any atom is 0.278 e. The molecule has 0 saturated carbocycles. The first-order chi connectivity index (χ1) is 14.4. The van der Waals surface area contributed by atoms with Crippen LogP contribution in [-0.4, -0.2) is 42.8 Å². The van der Waals surface area contributed by atoms with Crippen molar-refractivity contribution < 1.29 is 28.8 Å².